The highest BCUT2D eigenvalue weighted by molar-refractivity contribution is 9.10. The molecule has 4 heteroatoms. The minimum atomic E-state index is 0.688. The minimum Gasteiger partial charge on any atom is -0.238 e. The number of hydrogen-bond acceptors (Lipinski definition) is 1. The van der Waals surface area contributed by atoms with Crippen LogP contribution in [-0.2, 0) is 0 Å². The standard InChI is InChI=1S/C7H4BrClN2/c8-6-3-10-11-4-5(9)1-2-7(6)11/h1-4H. The molecule has 0 aliphatic heterocycles. The molecule has 0 bridgehead atoms. The highest BCUT2D eigenvalue weighted by atomic mass is 79.9. The van der Waals surface area contributed by atoms with Crippen molar-refractivity contribution in [3.63, 3.8) is 0 Å². The molecule has 2 nitrogen and oxygen atoms in total. The van der Waals surface area contributed by atoms with Crippen LogP contribution < -0.4 is 0 Å². The van der Waals surface area contributed by atoms with E-state index in [4.69, 9.17) is 11.6 Å². The molecular formula is C7H4BrClN2. The van der Waals surface area contributed by atoms with Crippen molar-refractivity contribution in [2.45, 2.75) is 0 Å². The van der Waals surface area contributed by atoms with E-state index in [1.165, 1.54) is 0 Å². The lowest BCUT2D eigenvalue weighted by Gasteiger charge is -1.92. The molecule has 0 atom stereocenters. The maximum absolute atomic E-state index is 5.75. The Morgan fingerprint density at radius 3 is 3.09 bits per heavy atom. The lowest BCUT2D eigenvalue weighted by molar-refractivity contribution is 0.961. The van der Waals surface area contributed by atoms with Gasteiger partial charge in [0.05, 0.1) is 21.2 Å². The van der Waals surface area contributed by atoms with Gasteiger partial charge in [-0.2, -0.15) is 5.10 Å². The van der Waals surface area contributed by atoms with Gasteiger partial charge >= 0.3 is 0 Å². The molecule has 0 fully saturated rings. The topological polar surface area (TPSA) is 17.3 Å². The lowest BCUT2D eigenvalue weighted by Crippen LogP contribution is -1.83. The molecule has 2 rings (SSSR count). The van der Waals surface area contributed by atoms with Gasteiger partial charge in [0.1, 0.15) is 0 Å². The van der Waals surface area contributed by atoms with E-state index in [0.29, 0.717) is 5.02 Å². The Bertz CT molecular complexity index is 396. The molecule has 0 N–H and O–H groups in total. The van der Waals surface area contributed by atoms with Crippen LogP contribution in [0.5, 0.6) is 0 Å². The van der Waals surface area contributed by atoms with E-state index in [1.54, 1.807) is 16.9 Å². The lowest BCUT2D eigenvalue weighted by atomic mass is 10.4. The molecule has 0 unspecified atom stereocenters. The summed E-state index contributed by atoms with van der Waals surface area (Å²) in [6.07, 6.45) is 3.51. The van der Waals surface area contributed by atoms with Crippen LogP contribution in [0, 0.1) is 0 Å². The van der Waals surface area contributed by atoms with Crippen LogP contribution in [0.15, 0.2) is 29.0 Å². The van der Waals surface area contributed by atoms with Crippen molar-refractivity contribution in [3.8, 4) is 0 Å². The molecule has 2 heterocycles. The van der Waals surface area contributed by atoms with Crippen molar-refractivity contribution in [1.82, 2.24) is 9.61 Å². The molecule has 2 aromatic heterocycles. The maximum atomic E-state index is 5.75. The number of nitrogens with zero attached hydrogens (tertiary/aromatic N) is 2. The van der Waals surface area contributed by atoms with Crippen molar-refractivity contribution in [2.24, 2.45) is 0 Å². The summed E-state index contributed by atoms with van der Waals surface area (Å²) in [6.45, 7) is 0. The summed E-state index contributed by atoms with van der Waals surface area (Å²) in [6, 6.07) is 3.75. The predicted octanol–water partition coefficient (Wildman–Crippen LogP) is 2.75. The fourth-order valence-electron chi connectivity index (χ4n) is 0.928. The highest BCUT2D eigenvalue weighted by Gasteiger charge is 1.99. The van der Waals surface area contributed by atoms with Crippen LogP contribution in [0.3, 0.4) is 0 Å². The summed E-state index contributed by atoms with van der Waals surface area (Å²) in [4.78, 5) is 0. The molecule has 0 amide bonds. The number of fused-ring (bicyclic) bond motifs is 1. The van der Waals surface area contributed by atoms with Crippen molar-refractivity contribution >= 4 is 33.0 Å². The van der Waals surface area contributed by atoms with Gasteiger partial charge in [-0.25, -0.2) is 4.52 Å². The Hall–Kier alpha value is -0.540. The first kappa shape index (κ1) is 7.13. The van der Waals surface area contributed by atoms with Crippen molar-refractivity contribution in [3.05, 3.63) is 34.0 Å². The van der Waals surface area contributed by atoms with Gasteiger partial charge in [0.2, 0.25) is 0 Å². The minimum absolute atomic E-state index is 0.688. The molecule has 11 heavy (non-hydrogen) atoms. The Balaban J connectivity index is 2.86. The second-order valence-electron chi connectivity index (χ2n) is 2.17. The fraction of sp³-hybridized carbons (Fsp3) is 0. The smallest absolute Gasteiger partial charge is 0.0805 e. The van der Waals surface area contributed by atoms with Crippen molar-refractivity contribution in [1.29, 1.82) is 0 Å². The monoisotopic (exact) mass is 230 g/mol. The molecule has 0 aliphatic carbocycles. The Morgan fingerprint density at radius 2 is 2.27 bits per heavy atom. The number of halogens is 2. The average molecular weight is 231 g/mol. The Labute approximate surface area is 76.9 Å². The zero-order chi connectivity index (χ0) is 7.84. The molecule has 0 saturated heterocycles. The van der Waals surface area contributed by atoms with E-state index in [2.05, 4.69) is 21.0 Å². The van der Waals surface area contributed by atoms with Crippen LogP contribution in [0.1, 0.15) is 0 Å². The molecular weight excluding hydrogens is 227 g/mol. The van der Waals surface area contributed by atoms with Gasteiger partial charge in [-0.1, -0.05) is 11.6 Å². The first-order chi connectivity index (χ1) is 5.27. The van der Waals surface area contributed by atoms with E-state index < -0.39 is 0 Å². The van der Waals surface area contributed by atoms with Crippen LogP contribution in [-0.4, -0.2) is 9.61 Å². The van der Waals surface area contributed by atoms with E-state index in [0.717, 1.165) is 9.99 Å². The van der Waals surface area contributed by atoms with E-state index in [-0.39, 0.29) is 0 Å². The van der Waals surface area contributed by atoms with Gasteiger partial charge in [-0.15, -0.1) is 0 Å². The molecule has 0 saturated carbocycles. The highest BCUT2D eigenvalue weighted by Crippen LogP contribution is 2.18. The van der Waals surface area contributed by atoms with Gasteiger partial charge in [0.15, 0.2) is 0 Å². The summed E-state index contributed by atoms with van der Waals surface area (Å²) in [5, 5.41) is 4.75. The number of aromatic nitrogens is 2. The summed E-state index contributed by atoms with van der Waals surface area (Å²) in [5.41, 5.74) is 1.02. The van der Waals surface area contributed by atoms with Crippen LogP contribution >= 0.6 is 27.5 Å². The first-order valence-electron chi connectivity index (χ1n) is 3.06. The maximum Gasteiger partial charge on any atom is 0.0805 e. The third kappa shape index (κ3) is 1.14. The van der Waals surface area contributed by atoms with Crippen LogP contribution in [0.4, 0.5) is 0 Å². The number of hydrogen-bond donors (Lipinski definition) is 0. The van der Waals surface area contributed by atoms with E-state index >= 15 is 0 Å². The fourth-order valence-corrected chi connectivity index (χ4v) is 1.49. The second kappa shape index (κ2) is 2.50. The molecule has 0 radical (unpaired) electrons. The summed E-state index contributed by atoms with van der Waals surface area (Å²) in [7, 11) is 0. The largest absolute Gasteiger partial charge is 0.238 e. The number of rotatable bonds is 0. The number of pyridine rings is 1. The molecule has 2 aromatic rings. The van der Waals surface area contributed by atoms with Crippen molar-refractivity contribution in [2.75, 3.05) is 0 Å². The Morgan fingerprint density at radius 1 is 1.45 bits per heavy atom. The zero-order valence-corrected chi connectivity index (χ0v) is 7.80. The van der Waals surface area contributed by atoms with Gasteiger partial charge in [0.25, 0.3) is 0 Å². The summed E-state index contributed by atoms with van der Waals surface area (Å²) < 4.78 is 2.71. The Kier molecular flexibility index (Phi) is 1.62. The van der Waals surface area contributed by atoms with E-state index in [9.17, 15) is 0 Å². The summed E-state index contributed by atoms with van der Waals surface area (Å²) >= 11 is 9.12. The SMILES string of the molecule is Clc1ccc2c(Br)cnn2c1. The quantitative estimate of drug-likeness (QED) is 0.681. The van der Waals surface area contributed by atoms with E-state index in [1.807, 2.05) is 12.1 Å². The van der Waals surface area contributed by atoms with Gasteiger partial charge in [-0.3, -0.25) is 0 Å². The average Bonchev–Trinajstić information content (AvgIpc) is 2.32. The van der Waals surface area contributed by atoms with Gasteiger partial charge < -0.3 is 0 Å². The summed E-state index contributed by atoms with van der Waals surface area (Å²) in [5.74, 6) is 0. The van der Waals surface area contributed by atoms with Gasteiger partial charge in [0, 0.05) is 6.20 Å². The van der Waals surface area contributed by atoms with Gasteiger partial charge in [-0.05, 0) is 28.1 Å². The predicted molar refractivity (Wildman–Crippen MR) is 47.9 cm³/mol. The molecule has 0 aliphatic rings. The normalized spacial score (nSPS) is 10.7. The zero-order valence-electron chi connectivity index (χ0n) is 5.46. The molecule has 56 valence electrons. The third-order valence-corrected chi connectivity index (χ3v) is 2.27. The first-order valence-corrected chi connectivity index (χ1v) is 4.23. The third-order valence-electron chi connectivity index (χ3n) is 1.43. The molecule has 0 aromatic carbocycles. The van der Waals surface area contributed by atoms with Crippen LogP contribution in [0.2, 0.25) is 5.02 Å². The van der Waals surface area contributed by atoms with Crippen LogP contribution in [0.25, 0.3) is 5.52 Å². The van der Waals surface area contributed by atoms with Crippen molar-refractivity contribution < 1.29 is 0 Å². The molecule has 0 spiro atoms. The second-order valence-corrected chi connectivity index (χ2v) is 3.46.